The van der Waals surface area contributed by atoms with Crippen LogP contribution < -0.4 is 15.5 Å². The van der Waals surface area contributed by atoms with Crippen molar-refractivity contribution in [2.45, 2.75) is 0 Å². The number of nitrogens with one attached hydrogen (secondary N) is 2. The Morgan fingerprint density at radius 3 is 2.42 bits per heavy atom. The summed E-state index contributed by atoms with van der Waals surface area (Å²) >= 11 is 5.97. The molecule has 1 saturated heterocycles. The van der Waals surface area contributed by atoms with Gasteiger partial charge in [-0.05, 0) is 36.4 Å². The second-order valence-electron chi connectivity index (χ2n) is 5.86. The quantitative estimate of drug-likeness (QED) is 0.845. The van der Waals surface area contributed by atoms with Gasteiger partial charge in [0.15, 0.2) is 0 Å². The maximum absolute atomic E-state index is 12.1. The van der Waals surface area contributed by atoms with Gasteiger partial charge in [0.05, 0.1) is 30.3 Å². The Balaban J connectivity index is 1.50. The van der Waals surface area contributed by atoms with E-state index in [2.05, 4.69) is 15.5 Å². The van der Waals surface area contributed by atoms with Crippen LogP contribution in [0.25, 0.3) is 0 Å². The Morgan fingerprint density at radius 2 is 1.73 bits per heavy atom. The molecule has 2 N–H and O–H groups in total. The van der Waals surface area contributed by atoms with E-state index in [-0.39, 0.29) is 18.4 Å². The van der Waals surface area contributed by atoms with E-state index in [0.717, 1.165) is 32.0 Å². The zero-order chi connectivity index (χ0) is 18.4. The van der Waals surface area contributed by atoms with Gasteiger partial charge in [-0.15, -0.1) is 0 Å². The molecule has 2 aromatic rings. The van der Waals surface area contributed by atoms with Crippen LogP contribution in [0.1, 0.15) is 10.4 Å². The highest BCUT2D eigenvalue weighted by molar-refractivity contribution is 6.33. The van der Waals surface area contributed by atoms with E-state index in [1.165, 1.54) is 0 Å². The van der Waals surface area contributed by atoms with Crippen molar-refractivity contribution in [2.24, 2.45) is 0 Å². The Bertz CT molecular complexity index is 774. The summed E-state index contributed by atoms with van der Waals surface area (Å²) in [5.74, 6) is -0.682. The van der Waals surface area contributed by atoms with Crippen LogP contribution in [0.3, 0.4) is 0 Å². The number of nitrogens with zero attached hydrogens (tertiary/aromatic N) is 1. The number of carbonyl (C=O) groups is 2. The monoisotopic (exact) mass is 373 g/mol. The minimum Gasteiger partial charge on any atom is -0.378 e. The lowest BCUT2D eigenvalue weighted by molar-refractivity contribution is -0.115. The van der Waals surface area contributed by atoms with Gasteiger partial charge in [0.2, 0.25) is 5.91 Å². The molecule has 3 rings (SSSR count). The Morgan fingerprint density at radius 1 is 1.04 bits per heavy atom. The van der Waals surface area contributed by atoms with Crippen molar-refractivity contribution in [3.8, 4) is 0 Å². The Kier molecular flexibility index (Phi) is 6.09. The number of benzene rings is 2. The van der Waals surface area contributed by atoms with Crippen LogP contribution in [0.2, 0.25) is 5.02 Å². The van der Waals surface area contributed by atoms with Crippen molar-refractivity contribution >= 4 is 34.8 Å². The topological polar surface area (TPSA) is 70.7 Å². The molecule has 2 amide bonds. The molecule has 1 heterocycles. The molecule has 0 unspecified atom stereocenters. The number of rotatable bonds is 5. The largest absolute Gasteiger partial charge is 0.378 e. The van der Waals surface area contributed by atoms with Crippen LogP contribution in [0.4, 0.5) is 11.4 Å². The van der Waals surface area contributed by atoms with Gasteiger partial charge in [-0.1, -0.05) is 23.7 Å². The molecule has 1 aliphatic heterocycles. The van der Waals surface area contributed by atoms with Gasteiger partial charge in [0.25, 0.3) is 5.91 Å². The zero-order valence-electron chi connectivity index (χ0n) is 14.2. The summed E-state index contributed by atoms with van der Waals surface area (Å²) in [6, 6.07) is 14.3. The number of carbonyl (C=O) groups excluding carboxylic acids is 2. The lowest BCUT2D eigenvalue weighted by Gasteiger charge is -2.28. The van der Waals surface area contributed by atoms with Gasteiger partial charge >= 0.3 is 0 Å². The lowest BCUT2D eigenvalue weighted by Crippen LogP contribution is -2.36. The predicted octanol–water partition coefficient (Wildman–Crippen LogP) is 2.55. The summed E-state index contributed by atoms with van der Waals surface area (Å²) in [4.78, 5) is 26.3. The maximum Gasteiger partial charge on any atom is 0.253 e. The minimum atomic E-state index is -0.381. The third kappa shape index (κ3) is 4.74. The summed E-state index contributed by atoms with van der Waals surface area (Å²) in [5.41, 5.74) is 2.12. The zero-order valence-corrected chi connectivity index (χ0v) is 15.0. The molecule has 7 heteroatoms. The van der Waals surface area contributed by atoms with E-state index < -0.39 is 0 Å². The standard InChI is InChI=1S/C19H20ClN3O3/c20-17-4-2-1-3-16(17)19(25)21-13-18(24)22-14-5-7-15(8-6-14)23-9-11-26-12-10-23/h1-8H,9-13H2,(H,21,25)(H,22,24). The van der Waals surface area contributed by atoms with Crippen molar-refractivity contribution in [1.82, 2.24) is 5.32 Å². The highest BCUT2D eigenvalue weighted by atomic mass is 35.5. The van der Waals surface area contributed by atoms with Crippen LogP contribution in [0.15, 0.2) is 48.5 Å². The van der Waals surface area contributed by atoms with Crippen molar-refractivity contribution in [1.29, 1.82) is 0 Å². The Labute approximate surface area is 157 Å². The smallest absolute Gasteiger partial charge is 0.253 e. The average Bonchev–Trinajstić information content (AvgIpc) is 2.68. The molecule has 26 heavy (non-hydrogen) atoms. The van der Waals surface area contributed by atoms with Gasteiger partial charge in [0.1, 0.15) is 0 Å². The summed E-state index contributed by atoms with van der Waals surface area (Å²) in [6.07, 6.45) is 0. The fourth-order valence-electron chi connectivity index (χ4n) is 2.68. The molecular weight excluding hydrogens is 354 g/mol. The summed E-state index contributed by atoms with van der Waals surface area (Å²) in [7, 11) is 0. The summed E-state index contributed by atoms with van der Waals surface area (Å²) in [5, 5.41) is 5.68. The van der Waals surface area contributed by atoms with Crippen LogP contribution in [0.5, 0.6) is 0 Å². The molecule has 0 radical (unpaired) electrons. The lowest BCUT2D eigenvalue weighted by atomic mass is 10.2. The second kappa shape index (κ2) is 8.69. The van der Waals surface area contributed by atoms with Gasteiger partial charge in [-0.3, -0.25) is 9.59 Å². The van der Waals surface area contributed by atoms with Crippen molar-refractivity contribution < 1.29 is 14.3 Å². The second-order valence-corrected chi connectivity index (χ2v) is 6.26. The first kappa shape index (κ1) is 18.2. The highest BCUT2D eigenvalue weighted by Crippen LogP contribution is 2.19. The first-order valence-electron chi connectivity index (χ1n) is 8.39. The maximum atomic E-state index is 12.1. The van der Waals surface area contributed by atoms with E-state index in [1.807, 2.05) is 24.3 Å². The molecule has 2 aromatic carbocycles. The van der Waals surface area contributed by atoms with Crippen LogP contribution in [-0.2, 0) is 9.53 Å². The van der Waals surface area contributed by atoms with E-state index >= 15 is 0 Å². The van der Waals surface area contributed by atoms with Crippen LogP contribution >= 0.6 is 11.6 Å². The molecule has 0 bridgehead atoms. The van der Waals surface area contributed by atoms with Crippen LogP contribution in [-0.4, -0.2) is 44.7 Å². The number of amides is 2. The van der Waals surface area contributed by atoms with E-state index in [0.29, 0.717) is 16.3 Å². The van der Waals surface area contributed by atoms with Crippen molar-refractivity contribution in [2.75, 3.05) is 43.1 Å². The molecule has 136 valence electrons. The molecule has 0 atom stereocenters. The summed E-state index contributed by atoms with van der Waals surface area (Å²) < 4.78 is 5.34. The van der Waals surface area contributed by atoms with Crippen LogP contribution in [0, 0.1) is 0 Å². The molecule has 0 saturated carbocycles. The van der Waals surface area contributed by atoms with Crippen molar-refractivity contribution in [3.05, 3.63) is 59.1 Å². The van der Waals surface area contributed by atoms with Gasteiger partial charge < -0.3 is 20.3 Å². The molecular formula is C19H20ClN3O3. The molecule has 0 aliphatic carbocycles. The highest BCUT2D eigenvalue weighted by Gasteiger charge is 2.13. The fourth-order valence-corrected chi connectivity index (χ4v) is 2.91. The first-order chi connectivity index (χ1) is 12.6. The van der Waals surface area contributed by atoms with Gasteiger partial charge in [0, 0.05) is 24.5 Å². The fraction of sp³-hybridized carbons (Fsp3) is 0.263. The normalized spacial score (nSPS) is 14.0. The van der Waals surface area contributed by atoms with E-state index in [1.54, 1.807) is 24.3 Å². The summed E-state index contributed by atoms with van der Waals surface area (Å²) in [6.45, 7) is 3.04. The van der Waals surface area contributed by atoms with Gasteiger partial charge in [-0.25, -0.2) is 0 Å². The molecule has 1 fully saturated rings. The number of halogens is 1. The SMILES string of the molecule is O=C(CNC(=O)c1ccccc1Cl)Nc1ccc(N2CCOCC2)cc1. The third-order valence-electron chi connectivity index (χ3n) is 4.06. The van der Waals surface area contributed by atoms with Gasteiger partial charge in [-0.2, -0.15) is 0 Å². The molecule has 6 nitrogen and oxygen atoms in total. The number of hydrogen-bond donors (Lipinski definition) is 2. The van der Waals surface area contributed by atoms with Crippen molar-refractivity contribution in [3.63, 3.8) is 0 Å². The Hall–Kier alpha value is -2.57. The van der Waals surface area contributed by atoms with E-state index in [9.17, 15) is 9.59 Å². The molecule has 1 aliphatic rings. The minimum absolute atomic E-state index is 0.130. The average molecular weight is 374 g/mol. The number of ether oxygens (including phenoxy) is 1. The predicted molar refractivity (Wildman–Crippen MR) is 102 cm³/mol. The third-order valence-corrected chi connectivity index (χ3v) is 4.38. The molecule has 0 aromatic heterocycles. The number of morpholine rings is 1. The first-order valence-corrected chi connectivity index (χ1v) is 8.76. The molecule has 0 spiro atoms. The van der Waals surface area contributed by atoms with E-state index in [4.69, 9.17) is 16.3 Å². The number of anilines is 2. The number of hydrogen-bond acceptors (Lipinski definition) is 4.